The monoisotopic (exact) mass is 217 g/mol. The van der Waals surface area contributed by atoms with Crippen molar-refractivity contribution in [3.05, 3.63) is 49.3 Å². The molecule has 0 aromatic carbocycles. The lowest BCUT2D eigenvalue weighted by atomic mass is 10.2. The van der Waals surface area contributed by atoms with E-state index in [-0.39, 0.29) is 6.04 Å². The van der Waals surface area contributed by atoms with Crippen molar-refractivity contribution in [1.82, 2.24) is 4.98 Å². The molecule has 1 heterocycles. The van der Waals surface area contributed by atoms with Crippen LogP contribution in [0.3, 0.4) is 0 Å². The van der Waals surface area contributed by atoms with Gasteiger partial charge in [-0.3, -0.25) is 4.98 Å². The van der Waals surface area contributed by atoms with E-state index in [0.29, 0.717) is 0 Å². The Morgan fingerprint density at radius 1 is 1.38 bits per heavy atom. The molecule has 2 N–H and O–H groups in total. The highest BCUT2D eigenvalue weighted by Crippen LogP contribution is 2.15. The second-order valence-corrected chi connectivity index (χ2v) is 3.71. The van der Waals surface area contributed by atoms with Gasteiger partial charge in [-0.25, -0.2) is 0 Å². The Morgan fingerprint density at radius 3 is 2.38 bits per heavy atom. The van der Waals surface area contributed by atoms with Gasteiger partial charge in [0, 0.05) is 19.1 Å². The minimum Gasteiger partial charge on any atom is -0.363 e. The van der Waals surface area contributed by atoms with Crippen molar-refractivity contribution in [2.75, 3.05) is 18.0 Å². The van der Waals surface area contributed by atoms with Gasteiger partial charge in [0.2, 0.25) is 0 Å². The maximum Gasteiger partial charge on any atom is 0.0569 e. The Morgan fingerprint density at radius 2 is 2.00 bits per heavy atom. The molecule has 1 atom stereocenters. The average Bonchev–Trinajstić information content (AvgIpc) is 2.29. The Labute approximate surface area is 97.3 Å². The Kier molecular flexibility index (Phi) is 4.73. The van der Waals surface area contributed by atoms with Crippen LogP contribution >= 0.6 is 0 Å². The fourth-order valence-electron chi connectivity index (χ4n) is 1.45. The Hall–Kier alpha value is -1.61. The fraction of sp³-hybridized carbons (Fsp3) is 0.308. The van der Waals surface area contributed by atoms with E-state index in [0.717, 1.165) is 24.5 Å². The molecule has 1 aromatic heterocycles. The molecule has 0 fully saturated rings. The summed E-state index contributed by atoms with van der Waals surface area (Å²) in [5, 5.41) is 0. The second kappa shape index (κ2) is 6.08. The third kappa shape index (κ3) is 3.21. The zero-order valence-corrected chi connectivity index (χ0v) is 9.76. The molecule has 0 aliphatic rings. The summed E-state index contributed by atoms with van der Waals surface area (Å²) in [5.74, 6) is 0. The van der Waals surface area contributed by atoms with E-state index in [4.69, 9.17) is 5.73 Å². The molecule has 0 saturated heterocycles. The molecule has 0 unspecified atom stereocenters. The first-order chi connectivity index (χ1) is 7.69. The van der Waals surface area contributed by atoms with E-state index in [1.807, 2.05) is 37.4 Å². The summed E-state index contributed by atoms with van der Waals surface area (Å²) in [6, 6.07) is 3.96. The lowest BCUT2D eigenvalue weighted by Crippen LogP contribution is -2.23. The van der Waals surface area contributed by atoms with Crippen LogP contribution in [0, 0.1) is 0 Å². The number of nitrogens with zero attached hydrogens (tertiary/aromatic N) is 2. The van der Waals surface area contributed by atoms with Crippen molar-refractivity contribution in [2.45, 2.75) is 13.0 Å². The van der Waals surface area contributed by atoms with Crippen LogP contribution in [0.1, 0.15) is 18.7 Å². The maximum absolute atomic E-state index is 5.75. The van der Waals surface area contributed by atoms with E-state index in [9.17, 15) is 0 Å². The van der Waals surface area contributed by atoms with Gasteiger partial charge in [-0.05, 0) is 19.1 Å². The summed E-state index contributed by atoms with van der Waals surface area (Å²) >= 11 is 0. The summed E-state index contributed by atoms with van der Waals surface area (Å²) in [7, 11) is 0. The zero-order valence-electron chi connectivity index (χ0n) is 9.76. The van der Waals surface area contributed by atoms with Gasteiger partial charge >= 0.3 is 0 Å². The second-order valence-electron chi connectivity index (χ2n) is 3.71. The highest BCUT2D eigenvalue weighted by molar-refractivity contribution is 5.46. The number of hydrogen-bond acceptors (Lipinski definition) is 3. The van der Waals surface area contributed by atoms with Crippen molar-refractivity contribution in [3.63, 3.8) is 0 Å². The van der Waals surface area contributed by atoms with E-state index in [1.54, 1.807) is 0 Å². The molecule has 0 aliphatic carbocycles. The highest BCUT2D eigenvalue weighted by Gasteiger charge is 2.05. The number of aromatic nitrogens is 1. The van der Waals surface area contributed by atoms with Gasteiger partial charge in [-0.1, -0.05) is 12.2 Å². The molecule has 0 aliphatic heterocycles. The molecule has 3 nitrogen and oxygen atoms in total. The first-order valence-corrected chi connectivity index (χ1v) is 5.37. The minimum absolute atomic E-state index is 0.0266. The van der Waals surface area contributed by atoms with Crippen LogP contribution in [0.25, 0.3) is 0 Å². The molecule has 16 heavy (non-hydrogen) atoms. The maximum atomic E-state index is 5.75. The van der Waals surface area contributed by atoms with Crippen LogP contribution in [-0.4, -0.2) is 18.1 Å². The largest absolute Gasteiger partial charge is 0.363 e. The lowest BCUT2D eigenvalue weighted by Gasteiger charge is -2.21. The zero-order chi connectivity index (χ0) is 12.0. The Balaban J connectivity index is 2.84. The van der Waals surface area contributed by atoms with E-state index in [1.165, 1.54) is 0 Å². The standard InChI is InChI=1S/C13H19N3/c1-4-8-16(9-5-2)12-6-7-13(11(3)14)15-10-12/h4-7,10-11H,1-2,8-9,14H2,3H3/t11-/m0/s1. The van der Waals surface area contributed by atoms with Gasteiger partial charge < -0.3 is 10.6 Å². The molecule has 3 heteroatoms. The first-order valence-electron chi connectivity index (χ1n) is 5.37. The number of pyridine rings is 1. The van der Waals surface area contributed by atoms with Gasteiger partial charge in [-0.2, -0.15) is 0 Å². The molecule has 0 amide bonds. The molecular formula is C13H19N3. The van der Waals surface area contributed by atoms with Crippen LogP contribution in [0.2, 0.25) is 0 Å². The topological polar surface area (TPSA) is 42.1 Å². The predicted octanol–water partition coefficient (Wildman–Crippen LogP) is 2.28. The molecule has 0 bridgehead atoms. The van der Waals surface area contributed by atoms with Crippen molar-refractivity contribution in [2.24, 2.45) is 5.73 Å². The molecular weight excluding hydrogens is 198 g/mol. The van der Waals surface area contributed by atoms with Gasteiger partial charge in [0.05, 0.1) is 17.6 Å². The number of hydrogen-bond donors (Lipinski definition) is 1. The molecule has 0 radical (unpaired) electrons. The van der Waals surface area contributed by atoms with E-state index < -0.39 is 0 Å². The minimum atomic E-state index is -0.0266. The van der Waals surface area contributed by atoms with E-state index >= 15 is 0 Å². The predicted molar refractivity (Wildman–Crippen MR) is 69.4 cm³/mol. The van der Waals surface area contributed by atoms with Crippen molar-refractivity contribution < 1.29 is 0 Å². The summed E-state index contributed by atoms with van der Waals surface area (Å²) in [6.45, 7) is 11.0. The van der Waals surface area contributed by atoms with Crippen molar-refractivity contribution in [1.29, 1.82) is 0 Å². The smallest absolute Gasteiger partial charge is 0.0569 e. The number of nitrogens with two attached hydrogens (primary N) is 1. The van der Waals surface area contributed by atoms with Crippen LogP contribution in [0.4, 0.5) is 5.69 Å². The fourth-order valence-corrected chi connectivity index (χ4v) is 1.45. The average molecular weight is 217 g/mol. The number of anilines is 1. The highest BCUT2D eigenvalue weighted by atomic mass is 15.1. The quantitative estimate of drug-likeness (QED) is 0.743. The molecule has 0 saturated carbocycles. The van der Waals surface area contributed by atoms with Crippen LogP contribution in [0.5, 0.6) is 0 Å². The van der Waals surface area contributed by atoms with Crippen LogP contribution in [-0.2, 0) is 0 Å². The van der Waals surface area contributed by atoms with Crippen molar-refractivity contribution >= 4 is 5.69 Å². The summed E-state index contributed by atoms with van der Waals surface area (Å²) in [5.41, 5.74) is 7.71. The Bertz CT molecular complexity index is 331. The van der Waals surface area contributed by atoms with Crippen LogP contribution in [0.15, 0.2) is 43.6 Å². The summed E-state index contributed by atoms with van der Waals surface area (Å²) in [4.78, 5) is 6.47. The van der Waals surface area contributed by atoms with Gasteiger partial charge in [0.1, 0.15) is 0 Å². The third-order valence-electron chi connectivity index (χ3n) is 2.30. The SMILES string of the molecule is C=CCN(CC=C)c1ccc([C@H](C)N)nc1. The molecule has 0 spiro atoms. The molecule has 86 valence electrons. The van der Waals surface area contributed by atoms with Crippen molar-refractivity contribution in [3.8, 4) is 0 Å². The van der Waals surface area contributed by atoms with Gasteiger partial charge in [0.15, 0.2) is 0 Å². The molecule has 1 aromatic rings. The van der Waals surface area contributed by atoms with E-state index in [2.05, 4.69) is 23.0 Å². The third-order valence-corrected chi connectivity index (χ3v) is 2.30. The van der Waals surface area contributed by atoms with Gasteiger partial charge in [-0.15, -0.1) is 13.2 Å². The number of rotatable bonds is 6. The lowest BCUT2D eigenvalue weighted by molar-refractivity contribution is 0.779. The summed E-state index contributed by atoms with van der Waals surface area (Å²) < 4.78 is 0. The summed E-state index contributed by atoms with van der Waals surface area (Å²) in [6.07, 6.45) is 5.57. The molecule has 1 rings (SSSR count). The normalized spacial score (nSPS) is 11.9. The van der Waals surface area contributed by atoms with Gasteiger partial charge in [0.25, 0.3) is 0 Å². The first kappa shape index (κ1) is 12.5. The van der Waals surface area contributed by atoms with Crippen LogP contribution < -0.4 is 10.6 Å².